The monoisotopic (exact) mass is 314 g/mol. The summed E-state index contributed by atoms with van der Waals surface area (Å²) in [7, 11) is 3.52. The van der Waals surface area contributed by atoms with Crippen LogP contribution in [0, 0.1) is 0 Å². The van der Waals surface area contributed by atoms with Crippen molar-refractivity contribution in [2.24, 2.45) is 4.99 Å². The average molecular weight is 314 g/mol. The van der Waals surface area contributed by atoms with Gasteiger partial charge in [0.1, 0.15) is 6.54 Å². The highest BCUT2D eigenvalue weighted by atomic mass is 32.2. The molecule has 21 heavy (non-hydrogen) atoms. The van der Waals surface area contributed by atoms with Crippen molar-refractivity contribution in [2.45, 2.75) is 50.3 Å². The van der Waals surface area contributed by atoms with Crippen LogP contribution in [-0.4, -0.2) is 61.5 Å². The molecule has 1 rings (SSSR count). The number of nitrogens with zero attached hydrogens (tertiary/aromatic N) is 2. The van der Waals surface area contributed by atoms with Gasteiger partial charge in [-0.15, -0.1) is 0 Å². The summed E-state index contributed by atoms with van der Waals surface area (Å²) in [5, 5.41) is 7.37. The Morgan fingerprint density at radius 3 is 2.57 bits per heavy atom. The molecule has 1 atom stereocenters. The number of thioether (sulfide) groups is 1. The maximum Gasteiger partial charge on any atom is 0.243 e. The molecule has 0 bridgehead atoms. The van der Waals surface area contributed by atoms with Crippen LogP contribution in [-0.2, 0) is 4.79 Å². The van der Waals surface area contributed by atoms with Crippen molar-refractivity contribution in [1.82, 2.24) is 15.5 Å². The van der Waals surface area contributed by atoms with Gasteiger partial charge in [-0.25, -0.2) is 4.99 Å². The van der Waals surface area contributed by atoms with Crippen molar-refractivity contribution in [3.05, 3.63) is 0 Å². The molecule has 0 saturated heterocycles. The van der Waals surface area contributed by atoms with E-state index in [0.29, 0.717) is 11.3 Å². The molecule has 0 aliphatic heterocycles. The van der Waals surface area contributed by atoms with Gasteiger partial charge < -0.3 is 15.5 Å². The summed E-state index contributed by atoms with van der Waals surface area (Å²) < 4.78 is 0. The van der Waals surface area contributed by atoms with E-state index in [2.05, 4.69) is 28.8 Å². The van der Waals surface area contributed by atoms with E-state index >= 15 is 0 Å². The van der Waals surface area contributed by atoms with Gasteiger partial charge in [-0.1, -0.05) is 26.2 Å². The molecule has 6 heteroatoms. The van der Waals surface area contributed by atoms with Gasteiger partial charge in [0.15, 0.2) is 5.96 Å². The van der Waals surface area contributed by atoms with Gasteiger partial charge >= 0.3 is 0 Å². The number of nitrogens with one attached hydrogen (secondary N) is 2. The molecule has 1 unspecified atom stereocenters. The van der Waals surface area contributed by atoms with E-state index in [9.17, 15) is 4.79 Å². The number of likely N-dealkylation sites (N-methyl/N-ethyl adjacent to an activating group) is 1. The van der Waals surface area contributed by atoms with Crippen LogP contribution in [0.5, 0.6) is 0 Å². The second kappa shape index (κ2) is 9.92. The maximum absolute atomic E-state index is 11.7. The summed E-state index contributed by atoms with van der Waals surface area (Å²) in [5.41, 5.74) is 0. The molecule has 1 amide bonds. The van der Waals surface area contributed by atoms with Gasteiger partial charge in [0.25, 0.3) is 0 Å². The molecule has 2 N–H and O–H groups in total. The second-order valence-corrected chi connectivity index (χ2v) is 7.14. The predicted molar refractivity (Wildman–Crippen MR) is 92.0 cm³/mol. The van der Waals surface area contributed by atoms with Crippen LogP contribution in [0.3, 0.4) is 0 Å². The lowest BCUT2D eigenvalue weighted by atomic mass is 9.96. The third-order valence-electron chi connectivity index (χ3n) is 3.78. The zero-order valence-corrected chi connectivity index (χ0v) is 14.6. The molecular weight excluding hydrogens is 284 g/mol. The Bertz CT molecular complexity index is 341. The minimum absolute atomic E-state index is 0.0256. The molecule has 5 nitrogen and oxygen atoms in total. The normalized spacial score (nSPS) is 18.2. The number of hydrogen-bond acceptors (Lipinski definition) is 3. The SMILES string of the molecule is CSC(C)CNC(=NCC(=O)N(C)C)NC1CCCCC1. The Hall–Kier alpha value is -0.910. The summed E-state index contributed by atoms with van der Waals surface area (Å²) >= 11 is 1.82. The van der Waals surface area contributed by atoms with Crippen molar-refractivity contribution < 1.29 is 4.79 Å². The zero-order chi connectivity index (χ0) is 15.7. The van der Waals surface area contributed by atoms with Gasteiger partial charge in [0.05, 0.1) is 0 Å². The van der Waals surface area contributed by atoms with Crippen LogP contribution < -0.4 is 10.6 Å². The summed E-state index contributed by atoms with van der Waals surface area (Å²) in [4.78, 5) is 17.7. The molecule has 0 aromatic heterocycles. The topological polar surface area (TPSA) is 56.7 Å². The van der Waals surface area contributed by atoms with Crippen molar-refractivity contribution in [3.63, 3.8) is 0 Å². The molecule has 0 heterocycles. The van der Waals surface area contributed by atoms with E-state index in [1.54, 1.807) is 19.0 Å². The molecule has 1 aliphatic carbocycles. The summed E-state index contributed by atoms with van der Waals surface area (Å²) in [6.45, 7) is 3.24. The molecule has 1 aliphatic rings. The van der Waals surface area contributed by atoms with Crippen molar-refractivity contribution >= 4 is 23.6 Å². The van der Waals surface area contributed by atoms with Gasteiger partial charge in [-0.05, 0) is 19.1 Å². The van der Waals surface area contributed by atoms with Crippen molar-refractivity contribution in [1.29, 1.82) is 0 Å². The predicted octanol–water partition coefficient (Wildman–Crippen LogP) is 1.69. The first kappa shape index (κ1) is 18.1. The van der Waals surface area contributed by atoms with Gasteiger partial charge in [-0.2, -0.15) is 11.8 Å². The smallest absolute Gasteiger partial charge is 0.243 e. The fraction of sp³-hybridized carbons (Fsp3) is 0.867. The van der Waals surface area contributed by atoms with E-state index in [4.69, 9.17) is 0 Å². The van der Waals surface area contributed by atoms with Gasteiger partial charge in [0, 0.05) is 31.9 Å². The largest absolute Gasteiger partial charge is 0.355 e. The molecule has 0 aromatic rings. The summed E-state index contributed by atoms with van der Waals surface area (Å²) in [6, 6.07) is 0.490. The standard InChI is InChI=1S/C15H30N4OS/c1-12(21-4)10-16-15(17-11-14(20)19(2)3)18-13-8-6-5-7-9-13/h12-13H,5-11H2,1-4H3,(H2,16,17,18). The van der Waals surface area contributed by atoms with Crippen LogP contribution in [0.25, 0.3) is 0 Å². The first-order valence-electron chi connectivity index (χ1n) is 7.80. The van der Waals surface area contributed by atoms with Gasteiger partial charge in [0.2, 0.25) is 5.91 Å². The van der Waals surface area contributed by atoms with E-state index < -0.39 is 0 Å². The van der Waals surface area contributed by atoms with Crippen LogP contribution in [0.2, 0.25) is 0 Å². The number of guanidine groups is 1. The highest BCUT2D eigenvalue weighted by molar-refractivity contribution is 7.99. The zero-order valence-electron chi connectivity index (χ0n) is 13.8. The number of amides is 1. The Morgan fingerprint density at radius 1 is 1.33 bits per heavy atom. The number of carbonyl (C=O) groups is 1. The van der Waals surface area contributed by atoms with Crippen LogP contribution >= 0.6 is 11.8 Å². The summed E-state index contributed by atoms with van der Waals surface area (Å²) in [6.07, 6.45) is 8.39. The molecule has 1 saturated carbocycles. The third-order valence-corrected chi connectivity index (χ3v) is 4.75. The number of rotatable bonds is 6. The Balaban J connectivity index is 2.54. The summed E-state index contributed by atoms with van der Waals surface area (Å²) in [5.74, 6) is 0.802. The number of carbonyl (C=O) groups excluding carboxylic acids is 1. The molecular formula is C15H30N4OS. The van der Waals surface area contributed by atoms with E-state index in [0.717, 1.165) is 12.5 Å². The molecule has 122 valence electrons. The minimum Gasteiger partial charge on any atom is -0.355 e. The Kier molecular flexibility index (Phi) is 8.57. The first-order valence-corrected chi connectivity index (χ1v) is 9.09. The average Bonchev–Trinajstić information content (AvgIpc) is 2.50. The fourth-order valence-corrected chi connectivity index (χ4v) is 2.45. The quantitative estimate of drug-likeness (QED) is 0.579. The van der Waals surface area contributed by atoms with E-state index in [1.165, 1.54) is 32.1 Å². The highest BCUT2D eigenvalue weighted by Crippen LogP contribution is 2.17. The first-order chi connectivity index (χ1) is 10.0. The molecule has 0 radical (unpaired) electrons. The number of hydrogen-bond donors (Lipinski definition) is 2. The maximum atomic E-state index is 11.7. The number of aliphatic imine (C=N–C) groups is 1. The van der Waals surface area contributed by atoms with E-state index in [-0.39, 0.29) is 12.5 Å². The molecule has 0 aromatic carbocycles. The van der Waals surface area contributed by atoms with Gasteiger partial charge in [-0.3, -0.25) is 4.79 Å². The lowest BCUT2D eigenvalue weighted by Crippen LogP contribution is -2.46. The lowest BCUT2D eigenvalue weighted by molar-refractivity contribution is -0.127. The second-order valence-electron chi connectivity index (χ2n) is 5.86. The third kappa shape index (κ3) is 7.60. The van der Waals surface area contributed by atoms with Crippen molar-refractivity contribution in [2.75, 3.05) is 33.4 Å². The van der Waals surface area contributed by atoms with E-state index in [1.807, 2.05) is 11.8 Å². The lowest BCUT2D eigenvalue weighted by Gasteiger charge is -2.25. The molecule has 0 spiro atoms. The van der Waals surface area contributed by atoms with Crippen LogP contribution in [0.15, 0.2) is 4.99 Å². The van der Waals surface area contributed by atoms with Crippen LogP contribution in [0.4, 0.5) is 0 Å². The minimum atomic E-state index is 0.0256. The van der Waals surface area contributed by atoms with Crippen molar-refractivity contribution in [3.8, 4) is 0 Å². The van der Waals surface area contributed by atoms with Crippen LogP contribution in [0.1, 0.15) is 39.0 Å². The fourth-order valence-electron chi connectivity index (χ4n) is 2.20. The Morgan fingerprint density at radius 2 is 2.00 bits per heavy atom. The highest BCUT2D eigenvalue weighted by Gasteiger charge is 2.15. The Labute approximate surface area is 133 Å². The molecule has 1 fully saturated rings.